The molecular formula is C15H21BrN2. The number of hydrogen-bond acceptors (Lipinski definition) is 2. The third-order valence-electron chi connectivity index (χ3n) is 3.38. The van der Waals surface area contributed by atoms with E-state index in [9.17, 15) is 0 Å². The molecule has 1 unspecified atom stereocenters. The Morgan fingerprint density at radius 2 is 2.22 bits per heavy atom. The highest BCUT2D eigenvalue weighted by Gasteiger charge is 2.12. The minimum Gasteiger partial charge on any atom is -0.367 e. The normalized spacial score (nSPS) is 16.9. The first-order valence-corrected chi connectivity index (χ1v) is 7.44. The quantitative estimate of drug-likeness (QED) is 0.849. The summed E-state index contributed by atoms with van der Waals surface area (Å²) in [7, 11) is 0. The maximum atomic E-state index is 3.70. The van der Waals surface area contributed by atoms with Crippen molar-refractivity contribution in [1.29, 1.82) is 0 Å². The summed E-state index contributed by atoms with van der Waals surface area (Å²) in [6.45, 7) is 7.47. The molecule has 0 radical (unpaired) electrons. The Kier molecular flexibility index (Phi) is 4.84. The Bertz CT molecular complexity index is 429. The molecule has 3 heteroatoms. The SMILES string of the molecule is CCNC(C)c1ccc(N2CC=CCC2)cc1Br. The van der Waals surface area contributed by atoms with Crippen molar-refractivity contribution in [3.63, 3.8) is 0 Å². The molecule has 0 aromatic heterocycles. The monoisotopic (exact) mass is 308 g/mol. The van der Waals surface area contributed by atoms with Gasteiger partial charge in [-0.3, -0.25) is 0 Å². The lowest BCUT2D eigenvalue weighted by Crippen LogP contribution is -2.26. The summed E-state index contributed by atoms with van der Waals surface area (Å²) in [5.41, 5.74) is 2.63. The second-order valence-corrected chi connectivity index (χ2v) is 5.55. The zero-order valence-corrected chi connectivity index (χ0v) is 12.7. The molecule has 0 saturated heterocycles. The van der Waals surface area contributed by atoms with E-state index in [1.807, 2.05) is 0 Å². The smallest absolute Gasteiger partial charge is 0.0380 e. The van der Waals surface area contributed by atoms with E-state index in [0.717, 1.165) is 26.1 Å². The van der Waals surface area contributed by atoms with Gasteiger partial charge in [0.1, 0.15) is 0 Å². The number of anilines is 1. The largest absolute Gasteiger partial charge is 0.367 e. The Morgan fingerprint density at radius 3 is 2.83 bits per heavy atom. The van der Waals surface area contributed by atoms with Crippen molar-refractivity contribution >= 4 is 21.6 Å². The lowest BCUT2D eigenvalue weighted by molar-refractivity contribution is 0.596. The summed E-state index contributed by atoms with van der Waals surface area (Å²) in [5.74, 6) is 0. The van der Waals surface area contributed by atoms with Gasteiger partial charge >= 0.3 is 0 Å². The molecule has 0 spiro atoms. The molecule has 0 aliphatic carbocycles. The van der Waals surface area contributed by atoms with Crippen LogP contribution in [0.4, 0.5) is 5.69 Å². The van der Waals surface area contributed by atoms with Crippen LogP contribution in [-0.2, 0) is 0 Å². The Balaban J connectivity index is 2.16. The molecule has 1 atom stereocenters. The molecule has 2 rings (SSSR count). The molecule has 18 heavy (non-hydrogen) atoms. The van der Waals surface area contributed by atoms with Gasteiger partial charge in [0.15, 0.2) is 0 Å². The van der Waals surface area contributed by atoms with Crippen LogP contribution in [-0.4, -0.2) is 19.6 Å². The van der Waals surface area contributed by atoms with Gasteiger partial charge in [-0.05, 0) is 37.6 Å². The van der Waals surface area contributed by atoms with E-state index in [1.54, 1.807) is 0 Å². The van der Waals surface area contributed by atoms with Crippen LogP contribution in [0.15, 0.2) is 34.8 Å². The second kappa shape index (κ2) is 6.39. The maximum absolute atomic E-state index is 3.70. The van der Waals surface area contributed by atoms with E-state index in [-0.39, 0.29) is 0 Å². The summed E-state index contributed by atoms with van der Waals surface area (Å²) in [5, 5.41) is 3.45. The fraction of sp³-hybridized carbons (Fsp3) is 0.467. The number of hydrogen-bond donors (Lipinski definition) is 1. The number of nitrogens with one attached hydrogen (secondary N) is 1. The minimum atomic E-state index is 0.389. The van der Waals surface area contributed by atoms with Crippen LogP contribution in [0.5, 0.6) is 0 Å². The van der Waals surface area contributed by atoms with Crippen LogP contribution in [0, 0.1) is 0 Å². The van der Waals surface area contributed by atoms with Gasteiger partial charge in [0.25, 0.3) is 0 Å². The molecule has 1 aliphatic rings. The summed E-state index contributed by atoms with van der Waals surface area (Å²) in [4.78, 5) is 2.41. The van der Waals surface area contributed by atoms with Gasteiger partial charge in [0.2, 0.25) is 0 Å². The summed E-state index contributed by atoms with van der Waals surface area (Å²) < 4.78 is 1.20. The fourth-order valence-electron chi connectivity index (χ4n) is 2.36. The number of halogens is 1. The van der Waals surface area contributed by atoms with E-state index < -0.39 is 0 Å². The van der Waals surface area contributed by atoms with Gasteiger partial charge in [0.05, 0.1) is 0 Å². The number of nitrogens with zero attached hydrogens (tertiary/aromatic N) is 1. The molecule has 0 saturated carbocycles. The van der Waals surface area contributed by atoms with Crippen LogP contribution in [0.25, 0.3) is 0 Å². The van der Waals surface area contributed by atoms with Crippen molar-refractivity contribution in [3.05, 3.63) is 40.4 Å². The van der Waals surface area contributed by atoms with E-state index in [1.165, 1.54) is 15.7 Å². The average molecular weight is 309 g/mol. The van der Waals surface area contributed by atoms with Crippen molar-refractivity contribution in [2.45, 2.75) is 26.3 Å². The molecule has 2 nitrogen and oxygen atoms in total. The highest BCUT2D eigenvalue weighted by Crippen LogP contribution is 2.29. The van der Waals surface area contributed by atoms with Crippen molar-refractivity contribution in [2.24, 2.45) is 0 Å². The molecule has 1 heterocycles. The predicted octanol–water partition coefficient (Wildman–Crippen LogP) is 3.89. The number of rotatable bonds is 4. The topological polar surface area (TPSA) is 15.3 Å². The van der Waals surface area contributed by atoms with E-state index in [0.29, 0.717) is 6.04 Å². The third-order valence-corrected chi connectivity index (χ3v) is 4.07. The second-order valence-electron chi connectivity index (χ2n) is 4.69. The lowest BCUT2D eigenvalue weighted by Gasteiger charge is -2.26. The molecule has 1 aromatic carbocycles. The highest BCUT2D eigenvalue weighted by molar-refractivity contribution is 9.10. The van der Waals surface area contributed by atoms with Crippen molar-refractivity contribution < 1.29 is 0 Å². The molecule has 0 bridgehead atoms. The van der Waals surface area contributed by atoms with E-state index in [4.69, 9.17) is 0 Å². The first-order chi connectivity index (χ1) is 8.72. The van der Waals surface area contributed by atoms with Gasteiger partial charge in [0, 0.05) is 29.3 Å². The van der Waals surface area contributed by atoms with E-state index in [2.05, 4.69) is 70.3 Å². The fourth-order valence-corrected chi connectivity index (χ4v) is 3.07. The van der Waals surface area contributed by atoms with Crippen molar-refractivity contribution in [2.75, 3.05) is 24.5 Å². The van der Waals surface area contributed by atoms with Gasteiger partial charge in [-0.15, -0.1) is 0 Å². The Morgan fingerprint density at radius 1 is 1.39 bits per heavy atom. The van der Waals surface area contributed by atoms with Gasteiger partial charge in [-0.1, -0.05) is 41.1 Å². The lowest BCUT2D eigenvalue weighted by atomic mass is 10.1. The van der Waals surface area contributed by atoms with Gasteiger partial charge < -0.3 is 10.2 Å². The maximum Gasteiger partial charge on any atom is 0.0380 e. The molecular weight excluding hydrogens is 288 g/mol. The summed E-state index contributed by atoms with van der Waals surface area (Å²) >= 11 is 3.70. The first-order valence-electron chi connectivity index (χ1n) is 6.65. The van der Waals surface area contributed by atoms with Crippen LogP contribution < -0.4 is 10.2 Å². The molecule has 1 N–H and O–H groups in total. The van der Waals surface area contributed by atoms with Crippen LogP contribution in [0.3, 0.4) is 0 Å². The van der Waals surface area contributed by atoms with Crippen LogP contribution in [0.1, 0.15) is 31.9 Å². The molecule has 1 aromatic rings. The molecule has 0 fully saturated rings. The zero-order chi connectivity index (χ0) is 13.0. The standard InChI is InChI=1S/C15H21BrN2/c1-3-17-12(2)14-8-7-13(11-15(14)16)18-9-5-4-6-10-18/h4-5,7-8,11-12,17H,3,6,9-10H2,1-2H3. The average Bonchev–Trinajstić information content (AvgIpc) is 2.40. The number of benzene rings is 1. The van der Waals surface area contributed by atoms with E-state index >= 15 is 0 Å². The van der Waals surface area contributed by atoms with Crippen LogP contribution >= 0.6 is 15.9 Å². The Hall–Kier alpha value is -0.800. The Labute approximate surface area is 118 Å². The first kappa shape index (κ1) is 13.6. The van der Waals surface area contributed by atoms with Crippen molar-refractivity contribution in [3.8, 4) is 0 Å². The van der Waals surface area contributed by atoms with Crippen molar-refractivity contribution in [1.82, 2.24) is 5.32 Å². The zero-order valence-electron chi connectivity index (χ0n) is 11.1. The molecule has 0 amide bonds. The summed E-state index contributed by atoms with van der Waals surface area (Å²) in [6, 6.07) is 7.08. The third kappa shape index (κ3) is 3.15. The molecule has 1 aliphatic heterocycles. The predicted molar refractivity (Wildman–Crippen MR) is 82.2 cm³/mol. The summed E-state index contributed by atoms with van der Waals surface area (Å²) in [6.07, 6.45) is 5.65. The molecule has 98 valence electrons. The highest BCUT2D eigenvalue weighted by atomic mass is 79.9. The van der Waals surface area contributed by atoms with Crippen LogP contribution in [0.2, 0.25) is 0 Å². The minimum absolute atomic E-state index is 0.389. The van der Waals surface area contributed by atoms with Gasteiger partial charge in [-0.2, -0.15) is 0 Å². The van der Waals surface area contributed by atoms with Gasteiger partial charge in [-0.25, -0.2) is 0 Å².